The molecular formula is C9H11F3IN3. The normalized spacial score (nSPS) is 11.9. The maximum atomic E-state index is 12.3. The first kappa shape index (κ1) is 13.5. The van der Waals surface area contributed by atoms with Gasteiger partial charge >= 0.3 is 6.18 Å². The summed E-state index contributed by atoms with van der Waals surface area (Å²) in [6.07, 6.45) is -1.26. The second-order valence-corrected chi connectivity index (χ2v) is 4.78. The third-order valence-corrected chi connectivity index (χ3v) is 2.39. The van der Waals surface area contributed by atoms with Crippen molar-refractivity contribution in [2.24, 2.45) is 0 Å². The number of hydrogen-bond acceptors (Lipinski definition) is 3. The van der Waals surface area contributed by atoms with Gasteiger partial charge in [0.25, 0.3) is 0 Å². The zero-order valence-corrected chi connectivity index (χ0v) is 11.0. The van der Waals surface area contributed by atoms with E-state index in [1.54, 1.807) is 13.8 Å². The predicted molar refractivity (Wildman–Crippen MR) is 63.3 cm³/mol. The molecule has 1 aromatic heterocycles. The number of alkyl halides is 3. The Kier molecular flexibility index (Phi) is 4.34. The van der Waals surface area contributed by atoms with Crippen LogP contribution in [0.15, 0.2) is 12.4 Å². The van der Waals surface area contributed by atoms with Gasteiger partial charge < -0.3 is 4.90 Å². The van der Waals surface area contributed by atoms with Crippen LogP contribution in [0, 0.1) is 3.57 Å². The van der Waals surface area contributed by atoms with Gasteiger partial charge in [0.1, 0.15) is 6.54 Å². The highest BCUT2D eigenvalue weighted by molar-refractivity contribution is 14.1. The second kappa shape index (κ2) is 5.15. The second-order valence-electron chi connectivity index (χ2n) is 3.54. The average Bonchev–Trinajstić information content (AvgIpc) is 2.14. The Balaban J connectivity index is 2.90. The molecule has 0 atom stereocenters. The van der Waals surface area contributed by atoms with Crippen LogP contribution in [0.2, 0.25) is 0 Å². The molecule has 90 valence electrons. The van der Waals surface area contributed by atoms with E-state index in [1.807, 2.05) is 22.6 Å². The average molecular weight is 345 g/mol. The van der Waals surface area contributed by atoms with Gasteiger partial charge in [-0.05, 0) is 36.4 Å². The van der Waals surface area contributed by atoms with E-state index >= 15 is 0 Å². The number of anilines is 1. The topological polar surface area (TPSA) is 29.0 Å². The molecule has 0 aliphatic rings. The minimum atomic E-state index is -4.25. The van der Waals surface area contributed by atoms with Gasteiger partial charge in [-0.3, -0.25) is 0 Å². The van der Waals surface area contributed by atoms with E-state index < -0.39 is 12.7 Å². The summed E-state index contributed by atoms with van der Waals surface area (Å²) in [7, 11) is 0. The Labute approximate surface area is 105 Å². The lowest BCUT2D eigenvalue weighted by molar-refractivity contribution is -0.120. The van der Waals surface area contributed by atoms with Crippen molar-refractivity contribution >= 4 is 28.5 Å². The molecular weight excluding hydrogens is 334 g/mol. The monoisotopic (exact) mass is 345 g/mol. The molecule has 0 fully saturated rings. The van der Waals surface area contributed by atoms with E-state index in [0.29, 0.717) is 0 Å². The van der Waals surface area contributed by atoms with Gasteiger partial charge in [-0.15, -0.1) is 0 Å². The molecule has 0 saturated heterocycles. The van der Waals surface area contributed by atoms with Crippen LogP contribution in [0.3, 0.4) is 0 Å². The zero-order chi connectivity index (χ0) is 12.3. The highest BCUT2D eigenvalue weighted by Gasteiger charge is 2.32. The highest BCUT2D eigenvalue weighted by Crippen LogP contribution is 2.21. The molecule has 0 unspecified atom stereocenters. The van der Waals surface area contributed by atoms with Crippen molar-refractivity contribution in [1.29, 1.82) is 0 Å². The third kappa shape index (κ3) is 4.11. The molecule has 0 aromatic carbocycles. The largest absolute Gasteiger partial charge is 0.406 e. The van der Waals surface area contributed by atoms with E-state index in [9.17, 15) is 13.2 Å². The smallest absolute Gasteiger partial charge is 0.329 e. The van der Waals surface area contributed by atoms with E-state index in [-0.39, 0.29) is 12.0 Å². The lowest BCUT2D eigenvalue weighted by atomic mass is 10.3. The van der Waals surface area contributed by atoms with Gasteiger partial charge in [0.05, 0.1) is 0 Å². The molecule has 0 amide bonds. The van der Waals surface area contributed by atoms with Crippen LogP contribution in [0.4, 0.5) is 19.1 Å². The van der Waals surface area contributed by atoms with Crippen LogP contribution in [0.25, 0.3) is 0 Å². The van der Waals surface area contributed by atoms with Crippen LogP contribution in [-0.4, -0.2) is 28.7 Å². The van der Waals surface area contributed by atoms with E-state index in [1.165, 1.54) is 12.4 Å². The van der Waals surface area contributed by atoms with E-state index in [2.05, 4.69) is 9.97 Å². The summed E-state index contributed by atoms with van der Waals surface area (Å²) in [4.78, 5) is 8.90. The fourth-order valence-electron chi connectivity index (χ4n) is 1.13. The van der Waals surface area contributed by atoms with Gasteiger partial charge in [0.2, 0.25) is 5.95 Å². The number of hydrogen-bond donors (Lipinski definition) is 0. The lowest BCUT2D eigenvalue weighted by Crippen LogP contribution is -2.40. The summed E-state index contributed by atoms with van der Waals surface area (Å²) in [6.45, 7) is 2.31. The van der Waals surface area contributed by atoms with Gasteiger partial charge in [0.15, 0.2) is 0 Å². The Morgan fingerprint density at radius 2 is 1.81 bits per heavy atom. The van der Waals surface area contributed by atoms with Crippen LogP contribution in [-0.2, 0) is 0 Å². The Morgan fingerprint density at radius 3 is 2.19 bits per heavy atom. The molecule has 0 spiro atoms. The minimum Gasteiger partial charge on any atom is -0.329 e. The first-order chi connectivity index (χ1) is 7.29. The maximum absolute atomic E-state index is 12.3. The molecule has 0 bridgehead atoms. The molecule has 1 aromatic rings. The number of aromatic nitrogens is 2. The maximum Gasteiger partial charge on any atom is 0.406 e. The predicted octanol–water partition coefficient (Wildman–Crippen LogP) is 2.86. The summed E-state index contributed by atoms with van der Waals surface area (Å²) >= 11 is 2.00. The van der Waals surface area contributed by atoms with E-state index in [4.69, 9.17) is 0 Å². The van der Waals surface area contributed by atoms with Crippen molar-refractivity contribution in [2.75, 3.05) is 11.4 Å². The Bertz CT molecular complexity index is 337. The van der Waals surface area contributed by atoms with Crippen molar-refractivity contribution in [3.05, 3.63) is 16.0 Å². The molecule has 0 N–H and O–H groups in total. The van der Waals surface area contributed by atoms with E-state index in [0.717, 1.165) is 8.47 Å². The standard InChI is InChI=1S/C9H11F3IN3/c1-6(2)16(5-9(10,11)12)8-14-3-7(13)4-15-8/h3-4,6H,5H2,1-2H3. The SMILES string of the molecule is CC(C)N(CC(F)(F)F)c1ncc(I)cn1. The van der Waals surface area contributed by atoms with Gasteiger partial charge in [-0.25, -0.2) is 9.97 Å². The zero-order valence-electron chi connectivity index (χ0n) is 8.79. The molecule has 1 heterocycles. The molecule has 7 heteroatoms. The van der Waals surface area contributed by atoms with Crippen molar-refractivity contribution in [1.82, 2.24) is 9.97 Å². The summed E-state index contributed by atoms with van der Waals surface area (Å²) < 4.78 is 37.8. The fourth-order valence-corrected chi connectivity index (χ4v) is 1.41. The summed E-state index contributed by atoms with van der Waals surface area (Å²) in [5, 5.41) is 0. The van der Waals surface area contributed by atoms with Crippen LogP contribution in [0.1, 0.15) is 13.8 Å². The number of rotatable bonds is 3. The molecule has 16 heavy (non-hydrogen) atoms. The molecule has 0 radical (unpaired) electrons. The molecule has 0 aliphatic heterocycles. The minimum absolute atomic E-state index is 0.104. The quantitative estimate of drug-likeness (QED) is 0.789. The number of halogens is 4. The van der Waals surface area contributed by atoms with Gasteiger partial charge in [-0.1, -0.05) is 0 Å². The first-order valence-corrected chi connectivity index (χ1v) is 5.68. The van der Waals surface area contributed by atoms with Gasteiger partial charge in [0, 0.05) is 22.0 Å². The summed E-state index contributed by atoms with van der Waals surface area (Å²) in [5.74, 6) is 0.104. The van der Waals surface area contributed by atoms with Gasteiger partial charge in [-0.2, -0.15) is 13.2 Å². The van der Waals surface area contributed by atoms with Crippen LogP contribution in [0.5, 0.6) is 0 Å². The summed E-state index contributed by atoms with van der Waals surface area (Å²) in [5.41, 5.74) is 0. The molecule has 0 aliphatic carbocycles. The molecule has 0 saturated carbocycles. The van der Waals surface area contributed by atoms with Crippen molar-refractivity contribution in [3.63, 3.8) is 0 Å². The molecule has 1 rings (SSSR count). The Morgan fingerprint density at radius 1 is 1.31 bits per heavy atom. The first-order valence-electron chi connectivity index (χ1n) is 4.60. The van der Waals surface area contributed by atoms with Crippen LogP contribution >= 0.6 is 22.6 Å². The fraction of sp³-hybridized carbons (Fsp3) is 0.556. The summed E-state index contributed by atoms with van der Waals surface area (Å²) in [6, 6.07) is -0.304. The van der Waals surface area contributed by atoms with Crippen molar-refractivity contribution < 1.29 is 13.2 Å². The number of nitrogens with zero attached hydrogens (tertiary/aromatic N) is 3. The van der Waals surface area contributed by atoms with Crippen molar-refractivity contribution in [2.45, 2.75) is 26.1 Å². The van der Waals surface area contributed by atoms with Crippen molar-refractivity contribution in [3.8, 4) is 0 Å². The highest BCUT2D eigenvalue weighted by atomic mass is 127. The lowest BCUT2D eigenvalue weighted by Gasteiger charge is -2.27. The van der Waals surface area contributed by atoms with Crippen LogP contribution < -0.4 is 4.90 Å². The Hall–Kier alpha value is -0.600. The third-order valence-electron chi connectivity index (χ3n) is 1.84. The molecule has 3 nitrogen and oxygen atoms in total.